The zero-order valence-electron chi connectivity index (χ0n) is 12.4. The Morgan fingerprint density at radius 2 is 1.71 bits per heavy atom. The van der Waals surface area contributed by atoms with E-state index in [1.54, 1.807) is 27.4 Å². The number of ether oxygens (including phenoxy) is 3. The van der Waals surface area contributed by atoms with E-state index in [-0.39, 0.29) is 0 Å². The Labute approximate surface area is 123 Å². The minimum atomic E-state index is 0.335. The van der Waals surface area contributed by atoms with Gasteiger partial charge in [-0.05, 0) is 25.1 Å². The maximum Gasteiger partial charge on any atom is 0.237 e. The Hall–Kier alpha value is -2.54. The van der Waals surface area contributed by atoms with Gasteiger partial charge in [-0.1, -0.05) is 0 Å². The highest BCUT2D eigenvalue weighted by Crippen LogP contribution is 2.43. The second kappa shape index (κ2) is 6.27. The lowest BCUT2D eigenvalue weighted by Crippen LogP contribution is -2.11. The zero-order valence-corrected chi connectivity index (χ0v) is 12.4. The van der Waals surface area contributed by atoms with Gasteiger partial charge in [0.15, 0.2) is 11.5 Å². The van der Waals surface area contributed by atoms with Gasteiger partial charge in [0, 0.05) is 11.3 Å². The molecule has 112 valence electrons. The summed E-state index contributed by atoms with van der Waals surface area (Å²) in [5.74, 6) is 7.36. The Balaban J connectivity index is 2.66. The lowest BCUT2D eigenvalue weighted by molar-refractivity contribution is 0.325. The van der Waals surface area contributed by atoms with Gasteiger partial charge < -0.3 is 14.2 Å². The van der Waals surface area contributed by atoms with E-state index in [9.17, 15) is 0 Å². The molecule has 0 aliphatic rings. The van der Waals surface area contributed by atoms with Crippen molar-refractivity contribution >= 4 is 5.95 Å². The summed E-state index contributed by atoms with van der Waals surface area (Å²) in [5, 5.41) is 0. The molecule has 0 radical (unpaired) electrons. The van der Waals surface area contributed by atoms with Crippen LogP contribution >= 0.6 is 0 Å². The molecule has 2 aromatic rings. The smallest absolute Gasteiger partial charge is 0.237 e. The highest BCUT2D eigenvalue weighted by molar-refractivity contribution is 5.74. The van der Waals surface area contributed by atoms with E-state index in [0.29, 0.717) is 28.9 Å². The summed E-state index contributed by atoms with van der Waals surface area (Å²) in [6, 6.07) is 5.48. The molecule has 1 aromatic heterocycles. The van der Waals surface area contributed by atoms with Crippen molar-refractivity contribution in [1.82, 2.24) is 9.97 Å². The van der Waals surface area contributed by atoms with E-state index in [1.807, 2.05) is 19.1 Å². The van der Waals surface area contributed by atoms with Crippen molar-refractivity contribution in [2.45, 2.75) is 6.92 Å². The minimum absolute atomic E-state index is 0.335. The van der Waals surface area contributed by atoms with Gasteiger partial charge in [0.2, 0.25) is 11.7 Å². The molecule has 0 spiro atoms. The SMILES string of the molecule is COc1ccc(-c2cc(C)nc(NN)n2)c(OC)c1OC. The van der Waals surface area contributed by atoms with E-state index in [2.05, 4.69) is 15.4 Å². The van der Waals surface area contributed by atoms with E-state index in [4.69, 9.17) is 20.1 Å². The van der Waals surface area contributed by atoms with Gasteiger partial charge in [0.1, 0.15) is 0 Å². The van der Waals surface area contributed by atoms with Crippen molar-refractivity contribution in [2.24, 2.45) is 5.84 Å². The van der Waals surface area contributed by atoms with E-state index in [0.717, 1.165) is 11.3 Å². The van der Waals surface area contributed by atoms with Gasteiger partial charge in [-0.15, -0.1) is 0 Å². The first kappa shape index (κ1) is 14.9. The number of hydrogen-bond donors (Lipinski definition) is 2. The van der Waals surface area contributed by atoms with Crippen LogP contribution in [0.2, 0.25) is 0 Å². The van der Waals surface area contributed by atoms with Gasteiger partial charge in [-0.25, -0.2) is 15.8 Å². The summed E-state index contributed by atoms with van der Waals surface area (Å²) in [7, 11) is 4.70. The second-order valence-corrected chi connectivity index (χ2v) is 4.24. The molecule has 0 bridgehead atoms. The predicted molar refractivity (Wildman–Crippen MR) is 79.7 cm³/mol. The van der Waals surface area contributed by atoms with E-state index >= 15 is 0 Å². The molecule has 0 aliphatic heterocycles. The minimum Gasteiger partial charge on any atom is -0.493 e. The second-order valence-electron chi connectivity index (χ2n) is 4.24. The van der Waals surface area contributed by atoms with Gasteiger partial charge in [0.25, 0.3) is 0 Å². The van der Waals surface area contributed by atoms with Crippen molar-refractivity contribution in [2.75, 3.05) is 26.8 Å². The molecule has 1 heterocycles. The van der Waals surface area contributed by atoms with E-state index < -0.39 is 0 Å². The van der Waals surface area contributed by atoms with Crippen LogP contribution in [-0.2, 0) is 0 Å². The molecule has 2 rings (SSSR count). The maximum atomic E-state index is 5.46. The van der Waals surface area contributed by atoms with Gasteiger partial charge >= 0.3 is 0 Å². The first-order chi connectivity index (χ1) is 10.1. The number of anilines is 1. The monoisotopic (exact) mass is 290 g/mol. The molecule has 7 heteroatoms. The molecule has 21 heavy (non-hydrogen) atoms. The number of hydrazine groups is 1. The number of methoxy groups -OCH3 is 3. The highest BCUT2D eigenvalue weighted by Gasteiger charge is 2.18. The Morgan fingerprint density at radius 3 is 2.29 bits per heavy atom. The summed E-state index contributed by atoms with van der Waals surface area (Å²) >= 11 is 0. The van der Waals surface area contributed by atoms with Crippen LogP contribution in [0.4, 0.5) is 5.95 Å². The quantitative estimate of drug-likeness (QED) is 0.640. The van der Waals surface area contributed by atoms with Crippen LogP contribution in [0.1, 0.15) is 5.69 Å². The summed E-state index contributed by atoms with van der Waals surface area (Å²) in [6.45, 7) is 1.86. The molecule has 0 unspecified atom stereocenters. The Morgan fingerprint density at radius 1 is 1.00 bits per heavy atom. The third-order valence-electron chi connectivity index (χ3n) is 2.96. The van der Waals surface area contributed by atoms with E-state index in [1.165, 1.54) is 0 Å². The van der Waals surface area contributed by atoms with Crippen LogP contribution in [0, 0.1) is 6.92 Å². The van der Waals surface area contributed by atoms with Gasteiger partial charge in [-0.2, -0.15) is 0 Å². The number of nitrogen functional groups attached to an aromatic ring is 1. The molecule has 0 saturated carbocycles. The highest BCUT2D eigenvalue weighted by atomic mass is 16.5. The first-order valence-corrected chi connectivity index (χ1v) is 6.26. The van der Waals surface area contributed by atoms with Crippen LogP contribution < -0.4 is 25.5 Å². The molecule has 3 N–H and O–H groups in total. The largest absolute Gasteiger partial charge is 0.493 e. The number of benzene rings is 1. The Bertz CT molecular complexity index is 646. The van der Waals surface area contributed by atoms with Crippen molar-refractivity contribution < 1.29 is 14.2 Å². The standard InChI is InChI=1S/C14H18N4O3/c1-8-7-10(17-14(16-8)18-15)9-5-6-11(19-2)13(21-4)12(9)20-3/h5-7H,15H2,1-4H3,(H,16,17,18). The van der Waals surface area contributed by atoms with Crippen molar-refractivity contribution in [1.29, 1.82) is 0 Å². The van der Waals surface area contributed by atoms with Crippen molar-refractivity contribution in [3.05, 3.63) is 23.9 Å². The average molecular weight is 290 g/mol. The molecular weight excluding hydrogens is 272 g/mol. The Kier molecular flexibility index (Phi) is 4.44. The molecule has 7 nitrogen and oxygen atoms in total. The normalized spacial score (nSPS) is 10.1. The van der Waals surface area contributed by atoms with Crippen LogP contribution in [0.15, 0.2) is 18.2 Å². The molecule has 0 saturated heterocycles. The molecular formula is C14H18N4O3. The summed E-state index contributed by atoms with van der Waals surface area (Å²) in [4.78, 5) is 8.50. The lowest BCUT2D eigenvalue weighted by atomic mass is 10.1. The summed E-state index contributed by atoms with van der Waals surface area (Å²) in [5.41, 5.74) is 4.67. The van der Waals surface area contributed by atoms with Crippen LogP contribution in [0.5, 0.6) is 17.2 Å². The fourth-order valence-corrected chi connectivity index (χ4v) is 2.07. The summed E-state index contributed by atoms with van der Waals surface area (Å²) < 4.78 is 16.1. The molecule has 0 amide bonds. The first-order valence-electron chi connectivity index (χ1n) is 6.26. The van der Waals surface area contributed by atoms with Crippen molar-refractivity contribution in [3.8, 4) is 28.5 Å². The van der Waals surface area contributed by atoms with Crippen LogP contribution in [0.25, 0.3) is 11.3 Å². The number of nitrogens with one attached hydrogen (secondary N) is 1. The van der Waals surface area contributed by atoms with Crippen LogP contribution in [-0.4, -0.2) is 31.3 Å². The molecule has 0 atom stereocenters. The fourth-order valence-electron chi connectivity index (χ4n) is 2.07. The topological polar surface area (TPSA) is 91.5 Å². The molecule has 0 fully saturated rings. The number of aromatic nitrogens is 2. The maximum absolute atomic E-state index is 5.46. The number of aryl methyl sites for hydroxylation is 1. The number of nitrogens with zero attached hydrogens (tertiary/aromatic N) is 2. The van der Waals surface area contributed by atoms with Gasteiger partial charge in [0.05, 0.1) is 27.0 Å². The van der Waals surface area contributed by atoms with Crippen molar-refractivity contribution in [3.63, 3.8) is 0 Å². The lowest BCUT2D eigenvalue weighted by Gasteiger charge is -2.16. The molecule has 0 aliphatic carbocycles. The zero-order chi connectivity index (χ0) is 15.4. The third kappa shape index (κ3) is 2.82. The number of rotatable bonds is 5. The molecule has 1 aromatic carbocycles. The third-order valence-corrected chi connectivity index (χ3v) is 2.96. The summed E-state index contributed by atoms with van der Waals surface area (Å²) in [6.07, 6.45) is 0. The predicted octanol–water partition coefficient (Wildman–Crippen LogP) is 1.76. The van der Waals surface area contributed by atoms with Gasteiger partial charge in [-0.3, -0.25) is 5.43 Å². The number of hydrogen-bond acceptors (Lipinski definition) is 7. The van der Waals surface area contributed by atoms with Crippen LogP contribution in [0.3, 0.4) is 0 Å². The average Bonchev–Trinajstić information content (AvgIpc) is 2.52. The number of nitrogens with two attached hydrogens (primary N) is 1. The fraction of sp³-hybridized carbons (Fsp3) is 0.286.